The minimum Gasteiger partial charge on any atom is -0.312 e. The Morgan fingerprint density at radius 1 is 1.14 bits per heavy atom. The Labute approximate surface area is 138 Å². The average molecular weight is 360 g/mol. The fourth-order valence-corrected chi connectivity index (χ4v) is 4.37. The zero-order valence-corrected chi connectivity index (χ0v) is 14.6. The van der Waals surface area contributed by atoms with E-state index in [4.69, 9.17) is 0 Å². The van der Waals surface area contributed by atoms with E-state index in [2.05, 4.69) is 76.7 Å². The molecule has 0 bridgehead atoms. The van der Waals surface area contributed by atoms with E-state index in [0.717, 1.165) is 6.42 Å². The summed E-state index contributed by atoms with van der Waals surface area (Å²) < 4.78 is 1.23. The lowest BCUT2D eigenvalue weighted by Gasteiger charge is -2.16. The van der Waals surface area contributed by atoms with E-state index in [9.17, 15) is 0 Å². The Kier molecular flexibility index (Phi) is 4.43. The summed E-state index contributed by atoms with van der Waals surface area (Å²) in [7, 11) is 2.04. The number of thiophene rings is 1. The number of benzene rings is 2. The molecule has 0 saturated carbocycles. The molecule has 1 heterocycles. The van der Waals surface area contributed by atoms with Crippen molar-refractivity contribution in [2.45, 2.75) is 19.4 Å². The summed E-state index contributed by atoms with van der Waals surface area (Å²) in [6.45, 7) is 2.15. The van der Waals surface area contributed by atoms with Crippen LogP contribution in [0.3, 0.4) is 0 Å². The van der Waals surface area contributed by atoms with Crippen LogP contribution in [0.25, 0.3) is 10.8 Å². The molecule has 1 N–H and O–H groups in total. The number of fused-ring (bicyclic) bond motifs is 1. The molecule has 0 aliphatic carbocycles. The van der Waals surface area contributed by atoms with Gasteiger partial charge in [0.15, 0.2) is 0 Å². The van der Waals surface area contributed by atoms with E-state index in [1.54, 1.807) is 0 Å². The molecule has 0 fully saturated rings. The van der Waals surface area contributed by atoms with Crippen molar-refractivity contribution >= 4 is 38.0 Å². The monoisotopic (exact) mass is 359 g/mol. The molecule has 1 nitrogen and oxygen atoms in total. The third-order valence-electron chi connectivity index (χ3n) is 3.87. The number of likely N-dealkylation sites (N-methyl/N-ethyl adjacent to an activating group) is 1. The molecule has 0 radical (unpaired) electrons. The van der Waals surface area contributed by atoms with Gasteiger partial charge in [0.05, 0.1) is 3.79 Å². The van der Waals surface area contributed by atoms with Gasteiger partial charge in [-0.15, -0.1) is 11.3 Å². The van der Waals surface area contributed by atoms with E-state index in [0.29, 0.717) is 6.04 Å². The summed E-state index contributed by atoms with van der Waals surface area (Å²) in [5.41, 5.74) is 2.71. The van der Waals surface area contributed by atoms with Gasteiger partial charge in [0.2, 0.25) is 0 Å². The minimum absolute atomic E-state index is 0.353. The standard InChI is InChI=1S/C18H18BrNS/c1-12-10-17(21-18(12)19)16(20-2)11-14-8-5-7-13-6-3-4-9-15(13)14/h3-10,16,20H,11H2,1-2H3. The number of nitrogens with one attached hydrogen (secondary N) is 1. The van der Waals surface area contributed by atoms with Crippen LogP contribution in [-0.4, -0.2) is 7.05 Å². The average Bonchev–Trinajstić information content (AvgIpc) is 2.84. The van der Waals surface area contributed by atoms with Gasteiger partial charge >= 0.3 is 0 Å². The van der Waals surface area contributed by atoms with Crippen LogP contribution in [-0.2, 0) is 6.42 Å². The maximum Gasteiger partial charge on any atom is 0.0731 e. The maximum absolute atomic E-state index is 3.63. The molecule has 0 aliphatic rings. The topological polar surface area (TPSA) is 12.0 Å². The van der Waals surface area contributed by atoms with Gasteiger partial charge in [-0.3, -0.25) is 0 Å². The van der Waals surface area contributed by atoms with E-state index in [1.807, 2.05) is 18.4 Å². The van der Waals surface area contributed by atoms with Crippen LogP contribution in [0.2, 0.25) is 0 Å². The van der Waals surface area contributed by atoms with Crippen LogP contribution >= 0.6 is 27.3 Å². The van der Waals surface area contributed by atoms with Crippen molar-refractivity contribution in [3.8, 4) is 0 Å². The van der Waals surface area contributed by atoms with Crippen molar-refractivity contribution in [2.24, 2.45) is 0 Å². The molecule has 1 unspecified atom stereocenters. The lowest BCUT2D eigenvalue weighted by Crippen LogP contribution is -2.17. The maximum atomic E-state index is 3.63. The van der Waals surface area contributed by atoms with Crippen molar-refractivity contribution < 1.29 is 0 Å². The number of hydrogen-bond donors (Lipinski definition) is 1. The van der Waals surface area contributed by atoms with E-state index in [1.165, 1.54) is 30.6 Å². The lowest BCUT2D eigenvalue weighted by atomic mass is 9.98. The number of halogens is 1. The first-order chi connectivity index (χ1) is 10.2. The second-order valence-electron chi connectivity index (χ2n) is 5.29. The van der Waals surface area contributed by atoms with Crippen LogP contribution in [0.4, 0.5) is 0 Å². The second kappa shape index (κ2) is 6.30. The third kappa shape index (κ3) is 3.05. The lowest BCUT2D eigenvalue weighted by molar-refractivity contribution is 0.604. The number of aryl methyl sites for hydroxylation is 1. The van der Waals surface area contributed by atoms with Crippen LogP contribution in [0.15, 0.2) is 52.3 Å². The Morgan fingerprint density at radius 2 is 1.90 bits per heavy atom. The van der Waals surface area contributed by atoms with Gasteiger partial charge in [0.25, 0.3) is 0 Å². The van der Waals surface area contributed by atoms with Gasteiger partial charge in [-0.1, -0.05) is 42.5 Å². The summed E-state index contributed by atoms with van der Waals surface area (Å²) in [6.07, 6.45) is 1.00. The van der Waals surface area contributed by atoms with Crippen molar-refractivity contribution in [3.05, 3.63) is 68.3 Å². The van der Waals surface area contributed by atoms with Gasteiger partial charge in [-0.05, 0) is 64.3 Å². The SMILES string of the molecule is CNC(Cc1cccc2ccccc12)c1cc(C)c(Br)s1. The van der Waals surface area contributed by atoms with Gasteiger partial charge < -0.3 is 5.32 Å². The summed E-state index contributed by atoms with van der Waals surface area (Å²) in [5.74, 6) is 0. The zero-order chi connectivity index (χ0) is 14.8. The Hall–Kier alpha value is -1.16. The summed E-state index contributed by atoms with van der Waals surface area (Å²) in [5, 5.41) is 6.13. The smallest absolute Gasteiger partial charge is 0.0731 e. The molecule has 1 aromatic heterocycles. The van der Waals surface area contributed by atoms with Crippen LogP contribution in [0, 0.1) is 6.92 Å². The second-order valence-corrected chi connectivity index (χ2v) is 7.69. The highest BCUT2D eigenvalue weighted by Gasteiger charge is 2.15. The van der Waals surface area contributed by atoms with Crippen LogP contribution < -0.4 is 5.32 Å². The van der Waals surface area contributed by atoms with Crippen molar-refractivity contribution in [1.82, 2.24) is 5.32 Å². The normalized spacial score (nSPS) is 12.7. The largest absolute Gasteiger partial charge is 0.312 e. The van der Waals surface area contributed by atoms with Crippen LogP contribution in [0.5, 0.6) is 0 Å². The van der Waals surface area contributed by atoms with Crippen LogP contribution in [0.1, 0.15) is 22.0 Å². The van der Waals surface area contributed by atoms with Crippen molar-refractivity contribution in [3.63, 3.8) is 0 Å². The first-order valence-corrected chi connectivity index (χ1v) is 8.69. The Balaban J connectivity index is 1.96. The molecular formula is C18H18BrNS. The molecule has 3 rings (SSSR count). The molecule has 0 amide bonds. The number of rotatable bonds is 4. The quantitative estimate of drug-likeness (QED) is 0.650. The first-order valence-electron chi connectivity index (χ1n) is 7.09. The molecule has 21 heavy (non-hydrogen) atoms. The van der Waals surface area contributed by atoms with Crippen molar-refractivity contribution in [1.29, 1.82) is 0 Å². The molecule has 0 saturated heterocycles. The highest BCUT2D eigenvalue weighted by atomic mass is 79.9. The summed E-state index contributed by atoms with van der Waals surface area (Å²) in [6, 6.07) is 17.8. The van der Waals surface area contributed by atoms with E-state index in [-0.39, 0.29) is 0 Å². The van der Waals surface area contributed by atoms with E-state index >= 15 is 0 Å². The Morgan fingerprint density at radius 3 is 2.62 bits per heavy atom. The summed E-state index contributed by atoms with van der Waals surface area (Å²) in [4.78, 5) is 1.38. The summed E-state index contributed by atoms with van der Waals surface area (Å²) >= 11 is 5.46. The van der Waals surface area contributed by atoms with Gasteiger partial charge in [0, 0.05) is 10.9 Å². The molecule has 2 aromatic carbocycles. The van der Waals surface area contributed by atoms with Crippen molar-refractivity contribution in [2.75, 3.05) is 7.05 Å². The fraction of sp³-hybridized carbons (Fsp3) is 0.222. The molecule has 1 atom stereocenters. The zero-order valence-electron chi connectivity index (χ0n) is 12.2. The minimum atomic E-state index is 0.353. The molecule has 0 spiro atoms. The number of hydrogen-bond acceptors (Lipinski definition) is 2. The van der Waals surface area contributed by atoms with Gasteiger partial charge in [-0.25, -0.2) is 0 Å². The predicted octanol–water partition coefficient (Wildman–Crippen LogP) is 5.48. The molecule has 3 heteroatoms. The third-order valence-corrected chi connectivity index (χ3v) is 6.12. The highest BCUT2D eigenvalue weighted by Crippen LogP contribution is 2.33. The fourth-order valence-electron chi connectivity index (χ4n) is 2.69. The highest BCUT2D eigenvalue weighted by molar-refractivity contribution is 9.11. The molecule has 108 valence electrons. The molecule has 3 aromatic rings. The molecule has 0 aliphatic heterocycles. The predicted molar refractivity (Wildman–Crippen MR) is 96.2 cm³/mol. The van der Waals surface area contributed by atoms with E-state index < -0.39 is 0 Å². The van der Waals surface area contributed by atoms with Gasteiger partial charge in [0.1, 0.15) is 0 Å². The molecular weight excluding hydrogens is 342 g/mol. The Bertz CT molecular complexity index is 738. The van der Waals surface area contributed by atoms with Gasteiger partial charge in [-0.2, -0.15) is 0 Å². The first kappa shape index (κ1) is 14.8.